The van der Waals surface area contributed by atoms with E-state index in [4.69, 9.17) is 27.9 Å². The highest BCUT2D eigenvalue weighted by molar-refractivity contribution is 6.35. The zero-order chi connectivity index (χ0) is 12.8. The fourth-order valence-electron chi connectivity index (χ4n) is 1.43. The molecule has 0 amide bonds. The third kappa shape index (κ3) is 4.72. The summed E-state index contributed by atoms with van der Waals surface area (Å²) in [6.07, 6.45) is 0.908. The molecule has 0 saturated heterocycles. The summed E-state index contributed by atoms with van der Waals surface area (Å²) in [5.41, 5.74) is 0.701. The van der Waals surface area contributed by atoms with Crippen molar-refractivity contribution in [3.8, 4) is 5.75 Å². The Hall–Kier alpha value is -0.480. The van der Waals surface area contributed by atoms with Crippen molar-refractivity contribution in [1.29, 1.82) is 0 Å². The molecule has 1 unspecified atom stereocenters. The summed E-state index contributed by atoms with van der Waals surface area (Å²) in [7, 11) is 1.68. The number of nitrogens with one attached hydrogen (secondary N) is 1. The molecule has 0 saturated carbocycles. The Morgan fingerprint density at radius 1 is 1.41 bits per heavy atom. The van der Waals surface area contributed by atoms with Gasteiger partial charge in [0.05, 0.1) is 5.02 Å². The Kier molecular flexibility index (Phi) is 6.06. The summed E-state index contributed by atoms with van der Waals surface area (Å²) in [4.78, 5) is 0. The number of benzene rings is 1. The minimum absolute atomic E-state index is 0.0857. The first kappa shape index (κ1) is 14.6. The van der Waals surface area contributed by atoms with E-state index >= 15 is 0 Å². The van der Waals surface area contributed by atoms with E-state index in [-0.39, 0.29) is 10.8 Å². The Morgan fingerprint density at radius 3 is 2.76 bits per heavy atom. The molecular formula is C12H17Cl2NO2. The summed E-state index contributed by atoms with van der Waals surface area (Å²) in [5.74, 6) is 0.0857. The second-order valence-corrected chi connectivity index (χ2v) is 4.80. The molecule has 5 heteroatoms. The molecule has 0 bridgehead atoms. The fourth-order valence-corrected chi connectivity index (χ4v) is 1.97. The maximum atomic E-state index is 9.76. The van der Waals surface area contributed by atoms with Gasteiger partial charge in [0.1, 0.15) is 5.75 Å². The molecule has 0 aliphatic heterocycles. The van der Waals surface area contributed by atoms with E-state index in [1.807, 2.05) is 0 Å². The SMILES string of the molecule is COCCC(C)NCc1cc(Cl)cc(Cl)c1O. The highest BCUT2D eigenvalue weighted by Crippen LogP contribution is 2.31. The number of aromatic hydroxyl groups is 1. The lowest BCUT2D eigenvalue weighted by atomic mass is 10.1. The molecule has 3 nitrogen and oxygen atoms in total. The molecule has 1 aromatic rings. The molecule has 2 N–H and O–H groups in total. The van der Waals surface area contributed by atoms with Gasteiger partial charge in [0.25, 0.3) is 0 Å². The standard InChI is InChI=1S/C12H17Cl2NO2/c1-8(3-4-17-2)15-7-9-5-10(13)6-11(14)12(9)16/h5-6,8,15-16H,3-4,7H2,1-2H3. The first-order valence-corrected chi connectivity index (χ1v) is 6.19. The minimum Gasteiger partial charge on any atom is -0.506 e. The largest absolute Gasteiger partial charge is 0.506 e. The van der Waals surface area contributed by atoms with Crippen molar-refractivity contribution in [1.82, 2.24) is 5.32 Å². The third-order valence-electron chi connectivity index (χ3n) is 2.50. The van der Waals surface area contributed by atoms with Crippen LogP contribution in [-0.4, -0.2) is 24.9 Å². The summed E-state index contributed by atoms with van der Waals surface area (Å²) in [5, 5.41) is 13.8. The number of phenolic OH excluding ortho intramolecular Hbond substituents is 1. The van der Waals surface area contributed by atoms with Crippen LogP contribution in [0.1, 0.15) is 18.9 Å². The van der Waals surface area contributed by atoms with Crippen molar-refractivity contribution in [2.75, 3.05) is 13.7 Å². The molecule has 0 radical (unpaired) electrons. The smallest absolute Gasteiger partial charge is 0.138 e. The van der Waals surface area contributed by atoms with Gasteiger partial charge in [-0.05, 0) is 25.5 Å². The predicted molar refractivity (Wildman–Crippen MR) is 70.9 cm³/mol. The average molecular weight is 278 g/mol. The van der Waals surface area contributed by atoms with Gasteiger partial charge >= 0.3 is 0 Å². The van der Waals surface area contributed by atoms with Crippen LogP contribution in [0, 0.1) is 0 Å². The van der Waals surface area contributed by atoms with E-state index in [1.165, 1.54) is 6.07 Å². The minimum atomic E-state index is 0.0857. The van der Waals surface area contributed by atoms with Gasteiger partial charge in [0.15, 0.2) is 0 Å². The number of hydrogen-bond acceptors (Lipinski definition) is 3. The molecular weight excluding hydrogens is 261 g/mol. The van der Waals surface area contributed by atoms with Gasteiger partial charge in [0.2, 0.25) is 0 Å². The third-order valence-corrected chi connectivity index (χ3v) is 3.01. The van der Waals surface area contributed by atoms with Gasteiger partial charge in [-0.2, -0.15) is 0 Å². The van der Waals surface area contributed by atoms with Crippen LogP contribution in [0.4, 0.5) is 0 Å². The van der Waals surface area contributed by atoms with Crippen LogP contribution in [0.15, 0.2) is 12.1 Å². The highest BCUT2D eigenvalue weighted by atomic mass is 35.5. The molecule has 0 fully saturated rings. The number of methoxy groups -OCH3 is 1. The number of halogens is 2. The molecule has 1 aromatic carbocycles. The molecule has 17 heavy (non-hydrogen) atoms. The molecule has 96 valence electrons. The second-order valence-electron chi connectivity index (χ2n) is 3.96. The molecule has 1 rings (SSSR count). The lowest BCUT2D eigenvalue weighted by Crippen LogP contribution is -2.26. The van der Waals surface area contributed by atoms with E-state index in [0.29, 0.717) is 29.8 Å². The molecule has 0 heterocycles. The van der Waals surface area contributed by atoms with Gasteiger partial charge < -0.3 is 15.2 Å². The summed E-state index contributed by atoms with van der Waals surface area (Å²) < 4.78 is 4.99. The Bertz CT molecular complexity index is 372. The van der Waals surface area contributed by atoms with Crippen molar-refractivity contribution in [2.24, 2.45) is 0 Å². The normalized spacial score (nSPS) is 12.7. The summed E-state index contributed by atoms with van der Waals surface area (Å²) in [6.45, 7) is 3.29. The van der Waals surface area contributed by atoms with Crippen LogP contribution in [0.2, 0.25) is 10.0 Å². The van der Waals surface area contributed by atoms with Crippen LogP contribution >= 0.6 is 23.2 Å². The highest BCUT2D eigenvalue weighted by Gasteiger charge is 2.09. The maximum Gasteiger partial charge on any atom is 0.138 e. The van der Waals surface area contributed by atoms with Gasteiger partial charge in [-0.1, -0.05) is 23.2 Å². The van der Waals surface area contributed by atoms with E-state index in [9.17, 15) is 5.11 Å². The number of hydrogen-bond donors (Lipinski definition) is 2. The van der Waals surface area contributed by atoms with Crippen molar-refractivity contribution in [3.05, 3.63) is 27.7 Å². The van der Waals surface area contributed by atoms with Crippen LogP contribution in [0.25, 0.3) is 0 Å². The first-order valence-electron chi connectivity index (χ1n) is 5.43. The molecule has 0 spiro atoms. The van der Waals surface area contributed by atoms with Crippen molar-refractivity contribution >= 4 is 23.2 Å². The summed E-state index contributed by atoms with van der Waals surface area (Å²) in [6, 6.07) is 3.53. The number of ether oxygens (including phenoxy) is 1. The van der Waals surface area contributed by atoms with Crippen molar-refractivity contribution < 1.29 is 9.84 Å². The number of phenols is 1. The average Bonchev–Trinajstić information content (AvgIpc) is 2.29. The van der Waals surface area contributed by atoms with E-state index in [0.717, 1.165) is 6.42 Å². The number of rotatable bonds is 6. The lowest BCUT2D eigenvalue weighted by Gasteiger charge is -2.14. The molecule has 0 aliphatic rings. The van der Waals surface area contributed by atoms with Crippen molar-refractivity contribution in [2.45, 2.75) is 25.9 Å². The monoisotopic (exact) mass is 277 g/mol. The maximum absolute atomic E-state index is 9.76. The zero-order valence-corrected chi connectivity index (χ0v) is 11.5. The predicted octanol–water partition coefficient (Wildman–Crippen LogP) is 3.21. The molecule has 0 aliphatic carbocycles. The lowest BCUT2D eigenvalue weighted by molar-refractivity contribution is 0.184. The van der Waals surface area contributed by atoms with Crippen LogP contribution in [0.5, 0.6) is 5.75 Å². The van der Waals surface area contributed by atoms with Crippen molar-refractivity contribution in [3.63, 3.8) is 0 Å². The van der Waals surface area contributed by atoms with Gasteiger partial charge in [-0.15, -0.1) is 0 Å². The van der Waals surface area contributed by atoms with Crippen LogP contribution < -0.4 is 5.32 Å². The second kappa shape index (κ2) is 7.07. The molecule has 0 aromatic heterocycles. The quantitative estimate of drug-likeness (QED) is 0.839. The Balaban J connectivity index is 2.57. The topological polar surface area (TPSA) is 41.5 Å². The van der Waals surface area contributed by atoms with Gasteiger partial charge in [0, 0.05) is 36.9 Å². The van der Waals surface area contributed by atoms with E-state index in [1.54, 1.807) is 13.2 Å². The fraction of sp³-hybridized carbons (Fsp3) is 0.500. The van der Waals surface area contributed by atoms with E-state index < -0.39 is 0 Å². The Labute approximate surface area is 112 Å². The van der Waals surface area contributed by atoms with Gasteiger partial charge in [-0.3, -0.25) is 0 Å². The van der Waals surface area contributed by atoms with Crippen LogP contribution in [0.3, 0.4) is 0 Å². The summed E-state index contributed by atoms with van der Waals surface area (Å²) >= 11 is 11.7. The molecule has 1 atom stereocenters. The van der Waals surface area contributed by atoms with Gasteiger partial charge in [-0.25, -0.2) is 0 Å². The first-order chi connectivity index (χ1) is 8.04. The van der Waals surface area contributed by atoms with Crippen LogP contribution in [-0.2, 0) is 11.3 Å². The Morgan fingerprint density at radius 2 is 2.12 bits per heavy atom. The zero-order valence-electron chi connectivity index (χ0n) is 9.96. The van der Waals surface area contributed by atoms with E-state index in [2.05, 4.69) is 12.2 Å².